The quantitative estimate of drug-likeness (QED) is 0.629. The van der Waals surface area contributed by atoms with Crippen molar-refractivity contribution in [2.24, 2.45) is 0 Å². The van der Waals surface area contributed by atoms with Gasteiger partial charge in [-0.25, -0.2) is 0 Å². The Morgan fingerprint density at radius 3 is 3.06 bits per heavy atom. The largest absolute Gasteiger partial charge is 0.383 e. The van der Waals surface area contributed by atoms with Crippen LogP contribution in [-0.2, 0) is 22.6 Å². The van der Waals surface area contributed by atoms with Gasteiger partial charge in [-0.1, -0.05) is 0 Å². The minimum absolute atomic E-state index is 0.717. The van der Waals surface area contributed by atoms with Crippen molar-refractivity contribution in [2.75, 3.05) is 33.5 Å². The molecule has 0 aliphatic rings. The molecule has 0 saturated carbocycles. The fourth-order valence-corrected chi connectivity index (χ4v) is 1.33. The molecule has 1 aromatic heterocycles. The minimum atomic E-state index is 0.717. The Labute approximate surface area is 96.7 Å². The zero-order chi connectivity index (χ0) is 11.6. The summed E-state index contributed by atoms with van der Waals surface area (Å²) >= 11 is 0. The van der Waals surface area contributed by atoms with Crippen LogP contribution in [0.2, 0.25) is 0 Å². The minimum Gasteiger partial charge on any atom is -0.383 e. The Hall–Kier alpha value is -0.910. The first-order chi connectivity index (χ1) is 7.86. The molecule has 0 radical (unpaired) electrons. The molecule has 0 aliphatic carbocycles. The lowest BCUT2D eigenvalue weighted by atomic mass is 10.3. The molecule has 0 aliphatic heterocycles. The van der Waals surface area contributed by atoms with Gasteiger partial charge in [-0.05, 0) is 6.92 Å². The molecule has 0 spiro atoms. The van der Waals surface area contributed by atoms with Gasteiger partial charge in [0.1, 0.15) is 0 Å². The van der Waals surface area contributed by atoms with Gasteiger partial charge < -0.3 is 14.8 Å². The highest BCUT2D eigenvalue weighted by molar-refractivity contribution is 5.03. The van der Waals surface area contributed by atoms with Crippen LogP contribution in [0.4, 0.5) is 0 Å². The van der Waals surface area contributed by atoms with Crippen molar-refractivity contribution in [1.29, 1.82) is 0 Å². The molecule has 16 heavy (non-hydrogen) atoms. The number of nitrogens with one attached hydrogen (secondary N) is 1. The molecule has 1 rings (SSSR count). The highest BCUT2D eigenvalue weighted by Crippen LogP contribution is 1.97. The maximum Gasteiger partial charge on any atom is 0.0662 e. The average molecular weight is 227 g/mol. The van der Waals surface area contributed by atoms with Gasteiger partial charge in [0.15, 0.2) is 0 Å². The Morgan fingerprint density at radius 2 is 2.31 bits per heavy atom. The molecular weight excluding hydrogens is 206 g/mol. The van der Waals surface area contributed by atoms with Crippen molar-refractivity contribution < 1.29 is 9.47 Å². The van der Waals surface area contributed by atoms with Crippen LogP contribution >= 0.6 is 0 Å². The molecule has 0 unspecified atom stereocenters. The summed E-state index contributed by atoms with van der Waals surface area (Å²) in [5, 5.41) is 7.53. The number of nitrogens with zero attached hydrogens (tertiary/aromatic N) is 2. The summed E-state index contributed by atoms with van der Waals surface area (Å²) < 4.78 is 12.1. The molecule has 0 amide bonds. The third-order valence-electron chi connectivity index (χ3n) is 2.17. The molecule has 0 fully saturated rings. The molecule has 1 heterocycles. The standard InChI is InChI=1S/C11H21N3O2/c1-3-16-7-5-14-10-11(9-13-14)8-12-4-6-15-2/h9-10,12H,3-8H2,1-2H3. The van der Waals surface area contributed by atoms with E-state index in [0.29, 0.717) is 6.61 Å². The van der Waals surface area contributed by atoms with E-state index in [0.717, 1.165) is 32.8 Å². The summed E-state index contributed by atoms with van der Waals surface area (Å²) in [6.07, 6.45) is 3.92. The van der Waals surface area contributed by atoms with Gasteiger partial charge in [-0.2, -0.15) is 5.10 Å². The predicted molar refractivity (Wildman–Crippen MR) is 62.3 cm³/mol. The van der Waals surface area contributed by atoms with Crippen molar-refractivity contribution in [3.8, 4) is 0 Å². The Bertz CT molecular complexity index is 276. The molecule has 0 aromatic carbocycles. The monoisotopic (exact) mass is 227 g/mol. The van der Waals surface area contributed by atoms with Crippen LogP contribution in [0.25, 0.3) is 0 Å². The molecular formula is C11H21N3O2. The van der Waals surface area contributed by atoms with E-state index in [1.165, 1.54) is 5.56 Å². The summed E-state index contributed by atoms with van der Waals surface area (Å²) in [4.78, 5) is 0. The molecule has 5 nitrogen and oxygen atoms in total. The Balaban J connectivity index is 2.17. The smallest absolute Gasteiger partial charge is 0.0662 e. The normalized spacial score (nSPS) is 10.9. The second-order valence-electron chi connectivity index (χ2n) is 3.48. The second-order valence-corrected chi connectivity index (χ2v) is 3.48. The first-order valence-corrected chi connectivity index (χ1v) is 5.65. The van der Waals surface area contributed by atoms with Crippen molar-refractivity contribution >= 4 is 0 Å². The Kier molecular flexibility index (Phi) is 6.80. The van der Waals surface area contributed by atoms with Crippen molar-refractivity contribution in [3.05, 3.63) is 18.0 Å². The molecule has 0 bridgehead atoms. The predicted octanol–water partition coefficient (Wildman–Crippen LogP) is 0.656. The van der Waals surface area contributed by atoms with E-state index in [1.54, 1.807) is 7.11 Å². The van der Waals surface area contributed by atoms with Gasteiger partial charge in [-0.3, -0.25) is 4.68 Å². The zero-order valence-electron chi connectivity index (χ0n) is 10.1. The van der Waals surface area contributed by atoms with Gasteiger partial charge in [0.2, 0.25) is 0 Å². The number of rotatable bonds is 9. The number of hydrogen-bond donors (Lipinski definition) is 1. The van der Waals surface area contributed by atoms with Crippen LogP contribution in [-0.4, -0.2) is 43.3 Å². The van der Waals surface area contributed by atoms with E-state index in [-0.39, 0.29) is 0 Å². The molecule has 0 atom stereocenters. The zero-order valence-corrected chi connectivity index (χ0v) is 10.1. The molecule has 5 heteroatoms. The van der Waals surface area contributed by atoms with Crippen LogP contribution < -0.4 is 5.32 Å². The first-order valence-electron chi connectivity index (χ1n) is 5.65. The molecule has 92 valence electrons. The molecule has 0 saturated heterocycles. The maximum absolute atomic E-state index is 5.27. The van der Waals surface area contributed by atoms with Gasteiger partial charge in [-0.15, -0.1) is 0 Å². The second kappa shape index (κ2) is 8.27. The van der Waals surface area contributed by atoms with E-state index in [4.69, 9.17) is 9.47 Å². The van der Waals surface area contributed by atoms with Crippen molar-refractivity contribution in [2.45, 2.75) is 20.0 Å². The van der Waals surface area contributed by atoms with Crippen LogP contribution in [0.15, 0.2) is 12.4 Å². The summed E-state index contributed by atoms with van der Waals surface area (Å²) in [5.41, 5.74) is 1.19. The summed E-state index contributed by atoms with van der Waals surface area (Å²) in [7, 11) is 1.70. The number of methoxy groups -OCH3 is 1. The lowest BCUT2D eigenvalue weighted by molar-refractivity contribution is 0.136. The topological polar surface area (TPSA) is 48.3 Å². The van der Waals surface area contributed by atoms with E-state index in [1.807, 2.05) is 24.0 Å². The lowest BCUT2D eigenvalue weighted by Crippen LogP contribution is -2.18. The fraction of sp³-hybridized carbons (Fsp3) is 0.727. The van der Waals surface area contributed by atoms with Gasteiger partial charge in [0, 0.05) is 38.6 Å². The Morgan fingerprint density at radius 1 is 1.44 bits per heavy atom. The van der Waals surface area contributed by atoms with Gasteiger partial charge in [0.05, 0.1) is 26.0 Å². The van der Waals surface area contributed by atoms with Gasteiger partial charge in [0.25, 0.3) is 0 Å². The van der Waals surface area contributed by atoms with E-state index >= 15 is 0 Å². The summed E-state index contributed by atoms with van der Waals surface area (Å²) in [6, 6.07) is 0. The maximum atomic E-state index is 5.27. The van der Waals surface area contributed by atoms with E-state index in [9.17, 15) is 0 Å². The van der Waals surface area contributed by atoms with E-state index in [2.05, 4.69) is 10.4 Å². The highest BCUT2D eigenvalue weighted by atomic mass is 16.5. The van der Waals surface area contributed by atoms with E-state index < -0.39 is 0 Å². The van der Waals surface area contributed by atoms with Gasteiger partial charge >= 0.3 is 0 Å². The average Bonchev–Trinajstić information content (AvgIpc) is 2.73. The molecule has 1 aromatic rings. The first kappa shape index (κ1) is 13.2. The number of aromatic nitrogens is 2. The number of hydrogen-bond acceptors (Lipinski definition) is 4. The van der Waals surface area contributed by atoms with Crippen LogP contribution in [0, 0.1) is 0 Å². The third kappa shape index (κ3) is 5.25. The number of ether oxygens (including phenoxy) is 2. The SMILES string of the molecule is CCOCCn1cc(CNCCOC)cn1. The van der Waals surface area contributed by atoms with Crippen molar-refractivity contribution in [1.82, 2.24) is 15.1 Å². The lowest BCUT2D eigenvalue weighted by Gasteiger charge is -2.02. The summed E-state index contributed by atoms with van der Waals surface area (Å²) in [5.74, 6) is 0. The highest BCUT2D eigenvalue weighted by Gasteiger charge is 1.97. The fourth-order valence-electron chi connectivity index (χ4n) is 1.33. The third-order valence-corrected chi connectivity index (χ3v) is 2.17. The van der Waals surface area contributed by atoms with Crippen molar-refractivity contribution in [3.63, 3.8) is 0 Å². The summed E-state index contributed by atoms with van der Waals surface area (Å²) in [6.45, 7) is 6.71. The van der Waals surface area contributed by atoms with Crippen LogP contribution in [0.3, 0.4) is 0 Å². The van der Waals surface area contributed by atoms with Crippen LogP contribution in [0.1, 0.15) is 12.5 Å². The molecule has 1 N–H and O–H groups in total. The van der Waals surface area contributed by atoms with Crippen LogP contribution in [0.5, 0.6) is 0 Å².